The van der Waals surface area contributed by atoms with Gasteiger partial charge in [-0.2, -0.15) is 0 Å². The van der Waals surface area contributed by atoms with Crippen LogP contribution in [0.3, 0.4) is 0 Å². The summed E-state index contributed by atoms with van der Waals surface area (Å²) in [6, 6.07) is 13.8. The lowest BCUT2D eigenvalue weighted by Gasteiger charge is -2.34. The zero-order valence-electron chi connectivity index (χ0n) is 18.5. The molecule has 3 aromatic rings. The molecular weight excluding hydrogens is 426 g/mol. The summed E-state index contributed by atoms with van der Waals surface area (Å²) in [6.07, 6.45) is 0. The first-order valence-electron chi connectivity index (χ1n) is 10.4. The van der Waals surface area contributed by atoms with Crippen LogP contribution in [0, 0.1) is 0 Å². The van der Waals surface area contributed by atoms with Crippen LogP contribution in [-0.4, -0.2) is 68.2 Å². The molecule has 1 saturated heterocycles. The van der Waals surface area contributed by atoms with Gasteiger partial charge in [-0.25, -0.2) is 4.98 Å². The number of rotatable bonds is 7. The number of thiazole rings is 1. The van der Waals surface area contributed by atoms with Crippen molar-refractivity contribution in [2.45, 2.75) is 6.54 Å². The first-order valence-corrected chi connectivity index (χ1v) is 11.3. The molecule has 0 atom stereocenters. The maximum Gasteiger partial charge on any atom is 0.273 e. The molecule has 1 aliphatic heterocycles. The number of ether oxygens (including phenoxy) is 3. The van der Waals surface area contributed by atoms with E-state index in [9.17, 15) is 4.79 Å². The van der Waals surface area contributed by atoms with Gasteiger partial charge in [0.25, 0.3) is 5.91 Å². The summed E-state index contributed by atoms with van der Waals surface area (Å²) in [7, 11) is 4.88. The summed E-state index contributed by atoms with van der Waals surface area (Å²) in [6.45, 7) is 3.93. The Morgan fingerprint density at radius 2 is 1.66 bits per heavy atom. The third kappa shape index (κ3) is 4.87. The second-order valence-electron chi connectivity index (χ2n) is 7.52. The molecule has 1 amide bonds. The van der Waals surface area contributed by atoms with E-state index in [1.54, 1.807) is 21.3 Å². The van der Waals surface area contributed by atoms with E-state index in [0.717, 1.165) is 36.0 Å². The highest BCUT2D eigenvalue weighted by Crippen LogP contribution is 2.33. The minimum atomic E-state index is -0.0166. The number of benzene rings is 2. The number of nitrogens with zero attached hydrogens (tertiary/aromatic N) is 3. The van der Waals surface area contributed by atoms with Gasteiger partial charge in [0.15, 0.2) is 11.5 Å². The largest absolute Gasteiger partial charge is 0.497 e. The Morgan fingerprint density at radius 1 is 0.938 bits per heavy atom. The average Bonchev–Trinajstić information content (AvgIpc) is 3.34. The molecule has 7 nitrogen and oxygen atoms in total. The molecule has 32 heavy (non-hydrogen) atoms. The van der Waals surface area contributed by atoms with Crippen molar-refractivity contribution in [3.8, 4) is 27.8 Å². The summed E-state index contributed by atoms with van der Waals surface area (Å²) in [5, 5.41) is 2.62. The third-order valence-electron chi connectivity index (χ3n) is 5.58. The fourth-order valence-corrected chi connectivity index (χ4v) is 4.52. The Morgan fingerprint density at radius 3 is 2.31 bits per heavy atom. The molecule has 0 bridgehead atoms. The predicted octanol–water partition coefficient (Wildman–Crippen LogP) is 3.79. The van der Waals surface area contributed by atoms with Gasteiger partial charge in [-0.15, -0.1) is 11.3 Å². The van der Waals surface area contributed by atoms with Crippen molar-refractivity contribution >= 4 is 17.2 Å². The SMILES string of the molecule is COc1ccc(CN2CCN(C(=O)c3csc(-c4ccc(OC)c(OC)c4)n3)CC2)cc1. The lowest BCUT2D eigenvalue weighted by Crippen LogP contribution is -2.48. The number of carbonyl (C=O) groups excluding carboxylic acids is 1. The smallest absolute Gasteiger partial charge is 0.273 e. The second kappa shape index (κ2) is 10.0. The van der Waals surface area contributed by atoms with Crippen LogP contribution in [0.2, 0.25) is 0 Å². The Balaban J connectivity index is 1.36. The summed E-state index contributed by atoms with van der Waals surface area (Å²) >= 11 is 1.46. The highest BCUT2D eigenvalue weighted by Gasteiger charge is 2.24. The van der Waals surface area contributed by atoms with Crippen LogP contribution >= 0.6 is 11.3 Å². The quantitative estimate of drug-likeness (QED) is 0.542. The van der Waals surface area contributed by atoms with Crippen LogP contribution in [0.15, 0.2) is 47.8 Å². The molecule has 4 rings (SSSR count). The Hall–Kier alpha value is -3.10. The molecule has 168 valence electrons. The molecular formula is C24H27N3O4S. The van der Waals surface area contributed by atoms with E-state index in [4.69, 9.17) is 14.2 Å². The Kier molecular flexibility index (Phi) is 6.92. The average molecular weight is 454 g/mol. The number of aromatic nitrogens is 1. The molecule has 0 N–H and O–H groups in total. The molecule has 0 unspecified atom stereocenters. The molecule has 8 heteroatoms. The Bertz CT molecular complexity index is 1060. The van der Waals surface area contributed by atoms with Crippen molar-refractivity contribution in [1.29, 1.82) is 0 Å². The topological polar surface area (TPSA) is 64.1 Å². The minimum absolute atomic E-state index is 0.0166. The van der Waals surface area contributed by atoms with E-state index < -0.39 is 0 Å². The maximum atomic E-state index is 13.0. The van der Waals surface area contributed by atoms with Crippen LogP contribution in [0.4, 0.5) is 0 Å². The van der Waals surface area contributed by atoms with Crippen LogP contribution in [0.25, 0.3) is 10.6 Å². The van der Waals surface area contributed by atoms with Crippen LogP contribution in [0.5, 0.6) is 17.2 Å². The minimum Gasteiger partial charge on any atom is -0.497 e. The molecule has 0 radical (unpaired) electrons. The number of hydrogen-bond acceptors (Lipinski definition) is 7. The van der Waals surface area contributed by atoms with Gasteiger partial charge in [0.1, 0.15) is 16.5 Å². The summed E-state index contributed by atoms with van der Waals surface area (Å²) < 4.78 is 15.9. The maximum absolute atomic E-state index is 13.0. The van der Waals surface area contributed by atoms with E-state index in [2.05, 4.69) is 22.0 Å². The number of methoxy groups -OCH3 is 3. The van der Waals surface area contributed by atoms with Gasteiger partial charge >= 0.3 is 0 Å². The first-order chi connectivity index (χ1) is 15.6. The standard InChI is InChI=1S/C24H27N3O4S/c1-29-19-7-4-17(5-8-19)15-26-10-12-27(13-11-26)24(28)20-16-32-23(25-20)18-6-9-21(30-2)22(14-18)31-3/h4-9,14,16H,10-13,15H2,1-3H3. The van der Waals surface area contributed by atoms with E-state index >= 15 is 0 Å². The number of amides is 1. The van der Waals surface area contributed by atoms with Crippen molar-refractivity contribution in [1.82, 2.24) is 14.8 Å². The molecule has 0 spiro atoms. The molecule has 1 aromatic heterocycles. The summed E-state index contributed by atoms with van der Waals surface area (Å²) in [4.78, 5) is 21.8. The highest BCUT2D eigenvalue weighted by molar-refractivity contribution is 7.13. The molecule has 0 aliphatic carbocycles. The molecule has 0 saturated carbocycles. The van der Waals surface area contributed by atoms with Crippen molar-refractivity contribution in [3.05, 3.63) is 59.1 Å². The molecule has 2 heterocycles. The van der Waals surface area contributed by atoms with Crippen molar-refractivity contribution in [3.63, 3.8) is 0 Å². The third-order valence-corrected chi connectivity index (χ3v) is 6.47. The lowest BCUT2D eigenvalue weighted by molar-refractivity contribution is 0.0623. The molecule has 1 aliphatic rings. The molecule has 1 fully saturated rings. The monoisotopic (exact) mass is 453 g/mol. The van der Waals surface area contributed by atoms with Crippen LogP contribution in [0.1, 0.15) is 16.1 Å². The lowest BCUT2D eigenvalue weighted by atomic mass is 10.2. The Labute approximate surface area is 192 Å². The van der Waals surface area contributed by atoms with Gasteiger partial charge in [-0.3, -0.25) is 9.69 Å². The highest BCUT2D eigenvalue weighted by atomic mass is 32.1. The van der Waals surface area contributed by atoms with Crippen molar-refractivity contribution < 1.29 is 19.0 Å². The summed E-state index contributed by atoms with van der Waals surface area (Å²) in [5.74, 6) is 2.15. The fourth-order valence-electron chi connectivity index (χ4n) is 3.73. The van der Waals surface area contributed by atoms with Gasteiger partial charge in [-0.05, 0) is 35.9 Å². The number of hydrogen-bond donors (Lipinski definition) is 0. The van der Waals surface area contributed by atoms with Crippen LogP contribution in [-0.2, 0) is 6.54 Å². The van der Waals surface area contributed by atoms with Crippen LogP contribution < -0.4 is 14.2 Å². The first kappa shape index (κ1) is 22.1. The molecule has 2 aromatic carbocycles. The predicted molar refractivity (Wildman–Crippen MR) is 125 cm³/mol. The van der Waals surface area contributed by atoms with Crippen molar-refractivity contribution in [2.24, 2.45) is 0 Å². The van der Waals surface area contributed by atoms with E-state index in [-0.39, 0.29) is 5.91 Å². The van der Waals surface area contributed by atoms with Gasteiger partial charge < -0.3 is 19.1 Å². The van der Waals surface area contributed by atoms with Gasteiger partial charge in [0.2, 0.25) is 0 Å². The van der Waals surface area contributed by atoms with Gasteiger partial charge in [0, 0.05) is 43.7 Å². The van der Waals surface area contributed by atoms with Gasteiger partial charge in [-0.1, -0.05) is 12.1 Å². The van der Waals surface area contributed by atoms with E-state index in [1.807, 2.05) is 40.6 Å². The second-order valence-corrected chi connectivity index (χ2v) is 8.38. The number of carbonyl (C=O) groups is 1. The van der Waals surface area contributed by atoms with E-state index in [1.165, 1.54) is 16.9 Å². The fraction of sp³-hybridized carbons (Fsp3) is 0.333. The number of piperazine rings is 1. The van der Waals surface area contributed by atoms with Crippen molar-refractivity contribution in [2.75, 3.05) is 47.5 Å². The van der Waals surface area contributed by atoms with E-state index in [0.29, 0.717) is 30.3 Å². The zero-order chi connectivity index (χ0) is 22.5. The normalized spacial score (nSPS) is 14.3. The summed E-state index contributed by atoms with van der Waals surface area (Å²) in [5.41, 5.74) is 2.63. The van der Waals surface area contributed by atoms with Gasteiger partial charge in [0.05, 0.1) is 21.3 Å². The zero-order valence-corrected chi connectivity index (χ0v) is 19.4.